The van der Waals surface area contributed by atoms with Gasteiger partial charge in [0.15, 0.2) is 0 Å². The molecule has 0 aliphatic heterocycles. The summed E-state index contributed by atoms with van der Waals surface area (Å²) < 4.78 is 37.5. The summed E-state index contributed by atoms with van der Waals surface area (Å²) in [5.74, 6) is -2.11. The van der Waals surface area contributed by atoms with Crippen molar-refractivity contribution >= 4 is 11.9 Å². The Balaban J connectivity index is 2.47. The SMILES string of the molecule is NC(CCC(=O)O)C(=O)NC1(C(F)(F)F)CC1. The lowest BCUT2D eigenvalue weighted by Gasteiger charge is -2.22. The molecule has 5 nitrogen and oxygen atoms in total. The summed E-state index contributed by atoms with van der Waals surface area (Å²) >= 11 is 0. The van der Waals surface area contributed by atoms with Gasteiger partial charge in [0.05, 0.1) is 6.04 Å². The van der Waals surface area contributed by atoms with Crippen LogP contribution in [0, 0.1) is 0 Å². The highest BCUT2D eigenvalue weighted by molar-refractivity contribution is 5.83. The van der Waals surface area contributed by atoms with Crippen molar-refractivity contribution in [2.24, 2.45) is 5.73 Å². The number of amides is 1. The lowest BCUT2D eigenvalue weighted by atomic mass is 10.1. The average Bonchev–Trinajstić information content (AvgIpc) is 2.93. The molecule has 0 aromatic heterocycles. The van der Waals surface area contributed by atoms with Gasteiger partial charge in [-0.25, -0.2) is 0 Å². The van der Waals surface area contributed by atoms with Crippen molar-refractivity contribution in [2.45, 2.75) is 43.4 Å². The molecular formula is C9H13F3N2O3. The van der Waals surface area contributed by atoms with Crippen LogP contribution in [0.15, 0.2) is 0 Å². The first kappa shape index (κ1) is 13.8. The van der Waals surface area contributed by atoms with E-state index in [9.17, 15) is 22.8 Å². The van der Waals surface area contributed by atoms with Crippen molar-refractivity contribution in [3.05, 3.63) is 0 Å². The molecule has 0 aromatic rings. The maximum atomic E-state index is 12.5. The Morgan fingerprint density at radius 2 is 1.94 bits per heavy atom. The molecule has 0 aromatic carbocycles. The molecule has 4 N–H and O–H groups in total. The highest BCUT2D eigenvalue weighted by Gasteiger charge is 2.64. The third-order valence-electron chi connectivity index (χ3n) is 2.66. The lowest BCUT2D eigenvalue weighted by Crippen LogP contribution is -2.53. The molecule has 0 saturated heterocycles. The van der Waals surface area contributed by atoms with E-state index in [0.29, 0.717) is 0 Å². The molecule has 1 saturated carbocycles. The molecule has 1 aliphatic rings. The highest BCUT2D eigenvalue weighted by Crippen LogP contribution is 2.48. The van der Waals surface area contributed by atoms with E-state index in [1.54, 1.807) is 0 Å². The molecule has 0 heterocycles. The Hall–Kier alpha value is -1.31. The molecule has 1 atom stereocenters. The summed E-state index contributed by atoms with van der Waals surface area (Å²) in [5.41, 5.74) is 3.15. The van der Waals surface area contributed by atoms with Gasteiger partial charge in [-0.3, -0.25) is 9.59 Å². The molecule has 1 aliphatic carbocycles. The zero-order chi connectivity index (χ0) is 13.3. The highest BCUT2D eigenvalue weighted by atomic mass is 19.4. The second-order valence-electron chi connectivity index (χ2n) is 4.11. The van der Waals surface area contributed by atoms with Gasteiger partial charge in [-0.15, -0.1) is 0 Å². The topological polar surface area (TPSA) is 92.4 Å². The predicted octanol–water partition coefficient (Wildman–Crippen LogP) is 0.390. The number of carbonyl (C=O) groups excluding carboxylic acids is 1. The molecule has 98 valence electrons. The van der Waals surface area contributed by atoms with E-state index >= 15 is 0 Å². The van der Waals surface area contributed by atoms with Crippen LogP contribution in [-0.4, -0.2) is 34.7 Å². The van der Waals surface area contributed by atoms with E-state index in [1.807, 2.05) is 5.32 Å². The van der Waals surface area contributed by atoms with Gasteiger partial charge in [-0.2, -0.15) is 13.2 Å². The van der Waals surface area contributed by atoms with Gasteiger partial charge < -0.3 is 16.2 Å². The van der Waals surface area contributed by atoms with Crippen LogP contribution in [0.5, 0.6) is 0 Å². The van der Waals surface area contributed by atoms with Crippen molar-refractivity contribution in [1.82, 2.24) is 5.32 Å². The maximum absolute atomic E-state index is 12.5. The fraction of sp³-hybridized carbons (Fsp3) is 0.778. The number of rotatable bonds is 5. The van der Waals surface area contributed by atoms with Crippen LogP contribution in [0.3, 0.4) is 0 Å². The molecule has 17 heavy (non-hydrogen) atoms. The number of nitrogens with one attached hydrogen (secondary N) is 1. The molecule has 1 amide bonds. The van der Waals surface area contributed by atoms with Crippen LogP contribution in [0.25, 0.3) is 0 Å². The Kier molecular flexibility index (Phi) is 3.65. The summed E-state index contributed by atoms with van der Waals surface area (Å²) in [5, 5.41) is 10.2. The van der Waals surface area contributed by atoms with Gasteiger partial charge >= 0.3 is 12.1 Å². The molecule has 0 bridgehead atoms. The second-order valence-corrected chi connectivity index (χ2v) is 4.11. The van der Waals surface area contributed by atoms with E-state index in [2.05, 4.69) is 0 Å². The van der Waals surface area contributed by atoms with Gasteiger partial charge in [0, 0.05) is 6.42 Å². The van der Waals surface area contributed by atoms with E-state index < -0.39 is 29.6 Å². The van der Waals surface area contributed by atoms with Crippen molar-refractivity contribution in [3.8, 4) is 0 Å². The smallest absolute Gasteiger partial charge is 0.411 e. The third-order valence-corrected chi connectivity index (χ3v) is 2.66. The molecule has 8 heteroatoms. The molecular weight excluding hydrogens is 241 g/mol. The van der Waals surface area contributed by atoms with Gasteiger partial charge in [0.1, 0.15) is 5.54 Å². The lowest BCUT2D eigenvalue weighted by molar-refractivity contribution is -0.170. The van der Waals surface area contributed by atoms with Crippen LogP contribution < -0.4 is 11.1 Å². The number of hydrogen-bond acceptors (Lipinski definition) is 3. The Morgan fingerprint density at radius 1 is 1.41 bits per heavy atom. The van der Waals surface area contributed by atoms with Crippen LogP contribution in [0.1, 0.15) is 25.7 Å². The minimum atomic E-state index is -4.49. The minimum Gasteiger partial charge on any atom is -0.481 e. The minimum absolute atomic E-state index is 0.159. The second kappa shape index (κ2) is 4.52. The first-order valence-corrected chi connectivity index (χ1v) is 5.04. The molecule has 1 fully saturated rings. The fourth-order valence-electron chi connectivity index (χ4n) is 1.34. The first-order valence-electron chi connectivity index (χ1n) is 5.04. The Morgan fingerprint density at radius 3 is 2.29 bits per heavy atom. The average molecular weight is 254 g/mol. The number of halogens is 3. The zero-order valence-corrected chi connectivity index (χ0v) is 8.88. The number of hydrogen-bond donors (Lipinski definition) is 3. The maximum Gasteiger partial charge on any atom is 0.411 e. The fourth-order valence-corrected chi connectivity index (χ4v) is 1.34. The van der Waals surface area contributed by atoms with Crippen molar-refractivity contribution in [2.75, 3.05) is 0 Å². The number of nitrogens with two attached hydrogens (primary N) is 1. The Labute approximate surface area is 95.2 Å². The standard InChI is InChI=1S/C9H13F3N2O3/c10-9(11,12)8(3-4-8)14-7(17)5(13)1-2-6(15)16/h5H,1-4,13H2,(H,14,17)(H,15,16). The van der Waals surface area contributed by atoms with Gasteiger partial charge in [-0.1, -0.05) is 0 Å². The third kappa shape index (κ3) is 3.32. The van der Waals surface area contributed by atoms with Crippen molar-refractivity contribution < 1.29 is 27.9 Å². The van der Waals surface area contributed by atoms with Crippen LogP contribution in [0.2, 0.25) is 0 Å². The number of carboxylic acid groups (broad SMARTS) is 1. The Bertz CT molecular complexity index is 326. The van der Waals surface area contributed by atoms with E-state index in [0.717, 1.165) is 0 Å². The quantitative estimate of drug-likeness (QED) is 0.661. The molecule has 1 rings (SSSR count). The van der Waals surface area contributed by atoms with Crippen LogP contribution >= 0.6 is 0 Å². The number of carbonyl (C=O) groups is 2. The van der Waals surface area contributed by atoms with Gasteiger partial charge in [0.25, 0.3) is 0 Å². The number of carboxylic acids is 1. The van der Waals surface area contributed by atoms with Crippen LogP contribution in [-0.2, 0) is 9.59 Å². The number of alkyl halides is 3. The van der Waals surface area contributed by atoms with Gasteiger partial charge in [-0.05, 0) is 19.3 Å². The molecule has 0 radical (unpaired) electrons. The zero-order valence-electron chi connectivity index (χ0n) is 8.88. The van der Waals surface area contributed by atoms with E-state index in [4.69, 9.17) is 10.8 Å². The summed E-state index contributed by atoms with van der Waals surface area (Å²) in [7, 11) is 0. The van der Waals surface area contributed by atoms with Crippen LogP contribution in [0.4, 0.5) is 13.2 Å². The van der Waals surface area contributed by atoms with Crippen molar-refractivity contribution in [3.63, 3.8) is 0 Å². The summed E-state index contributed by atoms with van der Waals surface area (Å²) in [6, 6.07) is -1.23. The van der Waals surface area contributed by atoms with E-state index in [-0.39, 0.29) is 25.7 Å². The largest absolute Gasteiger partial charge is 0.481 e. The van der Waals surface area contributed by atoms with Crippen molar-refractivity contribution in [1.29, 1.82) is 0 Å². The predicted molar refractivity (Wildman–Crippen MR) is 51.0 cm³/mol. The summed E-state index contributed by atoms with van der Waals surface area (Å²) in [4.78, 5) is 21.5. The first-order chi connectivity index (χ1) is 7.68. The summed E-state index contributed by atoms with van der Waals surface area (Å²) in [6.07, 6.45) is -5.35. The molecule has 0 spiro atoms. The van der Waals surface area contributed by atoms with E-state index in [1.165, 1.54) is 0 Å². The molecule has 1 unspecified atom stereocenters. The monoisotopic (exact) mass is 254 g/mol. The normalized spacial score (nSPS) is 19.5. The van der Waals surface area contributed by atoms with Gasteiger partial charge in [0.2, 0.25) is 5.91 Å². The summed E-state index contributed by atoms with van der Waals surface area (Å²) in [6.45, 7) is 0. The number of aliphatic carboxylic acids is 1.